The molecule has 3 nitrogen and oxygen atoms in total. The van der Waals surface area contributed by atoms with Gasteiger partial charge in [-0.25, -0.2) is 0 Å². The largest absolute Gasteiger partial charge is 0.383 e. The summed E-state index contributed by atoms with van der Waals surface area (Å²) in [6.07, 6.45) is 0.554. The summed E-state index contributed by atoms with van der Waals surface area (Å²) in [5.74, 6) is 0.790. The summed E-state index contributed by atoms with van der Waals surface area (Å²) < 4.78 is 6.12. The van der Waals surface area contributed by atoms with Gasteiger partial charge in [0.1, 0.15) is 0 Å². The Morgan fingerprint density at radius 3 is 2.45 bits per heavy atom. The van der Waals surface area contributed by atoms with Crippen molar-refractivity contribution in [3.8, 4) is 0 Å². The van der Waals surface area contributed by atoms with Crippen molar-refractivity contribution in [1.82, 2.24) is 4.90 Å². The van der Waals surface area contributed by atoms with E-state index in [0.717, 1.165) is 29.7 Å². The van der Waals surface area contributed by atoms with Crippen molar-refractivity contribution in [2.75, 3.05) is 33.4 Å². The lowest BCUT2D eigenvalue weighted by Crippen LogP contribution is -2.33. The fourth-order valence-corrected chi connectivity index (χ4v) is 2.34. The van der Waals surface area contributed by atoms with Crippen LogP contribution in [-0.4, -0.2) is 44.0 Å². The van der Waals surface area contributed by atoms with Crippen LogP contribution in [0.1, 0.15) is 30.6 Å². The molecular weight excluding hydrogens is 318 g/mol. The molecule has 0 heterocycles. The average Bonchev–Trinajstić information content (AvgIpc) is 2.41. The number of hydrogen-bond donors (Lipinski definition) is 0. The molecule has 0 atom stereocenters. The van der Waals surface area contributed by atoms with Gasteiger partial charge in [-0.3, -0.25) is 4.79 Å². The number of carbonyl (C=O) groups is 1. The van der Waals surface area contributed by atoms with Crippen LogP contribution in [0.15, 0.2) is 28.7 Å². The third-order valence-corrected chi connectivity index (χ3v) is 3.58. The highest BCUT2D eigenvalue weighted by molar-refractivity contribution is 9.10. The highest BCUT2D eigenvalue weighted by Crippen LogP contribution is 2.12. The number of ether oxygens (including phenoxy) is 1. The van der Waals surface area contributed by atoms with Crippen LogP contribution >= 0.6 is 15.9 Å². The lowest BCUT2D eigenvalue weighted by atomic mass is 10.1. The zero-order valence-corrected chi connectivity index (χ0v) is 14.1. The number of rotatable bonds is 9. The monoisotopic (exact) mass is 341 g/mol. The van der Waals surface area contributed by atoms with Crippen molar-refractivity contribution in [1.29, 1.82) is 0 Å². The third-order valence-electron chi connectivity index (χ3n) is 3.06. The molecule has 0 bridgehead atoms. The molecule has 4 heteroatoms. The standard InChI is InChI=1S/C16H24BrNO2/c1-13(2)12-18(10-11-20-3)9-8-16(19)14-4-6-15(17)7-5-14/h4-7,13H,8-12H2,1-3H3. The average molecular weight is 342 g/mol. The van der Waals surface area contributed by atoms with Gasteiger partial charge >= 0.3 is 0 Å². The maximum atomic E-state index is 12.1. The zero-order valence-electron chi connectivity index (χ0n) is 12.6. The molecule has 1 aromatic carbocycles. The third kappa shape index (κ3) is 6.64. The Morgan fingerprint density at radius 2 is 1.90 bits per heavy atom. The molecule has 0 aliphatic heterocycles. The molecule has 0 saturated heterocycles. The van der Waals surface area contributed by atoms with Crippen LogP contribution < -0.4 is 0 Å². The van der Waals surface area contributed by atoms with E-state index in [1.807, 2.05) is 24.3 Å². The number of benzene rings is 1. The first-order chi connectivity index (χ1) is 9.52. The van der Waals surface area contributed by atoms with E-state index >= 15 is 0 Å². The number of methoxy groups -OCH3 is 1. The molecule has 0 aliphatic rings. The van der Waals surface area contributed by atoms with Crippen LogP contribution in [0.2, 0.25) is 0 Å². The van der Waals surface area contributed by atoms with Crippen LogP contribution in [0.25, 0.3) is 0 Å². The van der Waals surface area contributed by atoms with Gasteiger partial charge in [-0.2, -0.15) is 0 Å². The fourth-order valence-electron chi connectivity index (χ4n) is 2.07. The minimum absolute atomic E-state index is 0.198. The van der Waals surface area contributed by atoms with Gasteiger partial charge in [0.05, 0.1) is 6.61 Å². The van der Waals surface area contributed by atoms with Crippen molar-refractivity contribution in [2.24, 2.45) is 5.92 Å². The van der Waals surface area contributed by atoms with Gasteiger partial charge in [0.25, 0.3) is 0 Å². The van der Waals surface area contributed by atoms with Crippen LogP contribution in [0.3, 0.4) is 0 Å². The molecule has 0 unspecified atom stereocenters. The van der Waals surface area contributed by atoms with Crippen LogP contribution in [0, 0.1) is 5.92 Å². The molecule has 1 aromatic rings. The first-order valence-electron chi connectivity index (χ1n) is 7.03. The number of halogens is 1. The van der Waals surface area contributed by atoms with Gasteiger partial charge in [0.15, 0.2) is 5.78 Å². The summed E-state index contributed by atoms with van der Waals surface area (Å²) in [5, 5.41) is 0. The Hall–Kier alpha value is -0.710. The highest BCUT2D eigenvalue weighted by atomic mass is 79.9. The molecule has 0 radical (unpaired) electrons. The van der Waals surface area contributed by atoms with Crippen LogP contribution in [-0.2, 0) is 4.74 Å². The second-order valence-electron chi connectivity index (χ2n) is 5.37. The number of ketones is 1. The predicted molar refractivity (Wildman–Crippen MR) is 86.2 cm³/mol. The second-order valence-corrected chi connectivity index (χ2v) is 6.28. The maximum Gasteiger partial charge on any atom is 0.164 e. The molecule has 0 fully saturated rings. The van der Waals surface area contributed by atoms with Gasteiger partial charge in [-0.05, 0) is 18.1 Å². The predicted octanol–water partition coefficient (Wildman–Crippen LogP) is 3.63. The molecule has 0 N–H and O–H groups in total. The molecule has 0 amide bonds. The molecule has 1 rings (SSSR count). The molecule has 0 spiro atoms. The number of hydrogen-bond acceptors (Lipinski definition) is 3. The lowest BCUT2D eigenvalue weighted by molar-refractivity contribution is 0.0941. The molecule has 0 aromatic heterocycles. The van der Waals surface area contributed by atoms with E-state index in [0.29, 0.717) is 18.9 Å². The Morgan fingerprint density at radius 1 is 1.25 bits per heavy atom. The van der Waals surface area contributed by atoms with Gasteiger partial charge in [-0.1, -0.05) is 41.9 Å². The summed E-state index contributed by atoms with van der Waals surface area (Å²) in [5.41, 5.74) is 0.782. The van der Waals surface area contributed by atoms with Crippen molar-refractivity contribution in [3.05, 3.63) is 34.3 Å². The topological polar surface area (TPSA) is 29.5 Å². The van der Waals surface area contributed by atoms with Gasteiger partial charge in [-0.15, -0.1) is 0 Å². The fraction of sp³-hybridized carbons (Fsp3) is 0.562. The van der Waals surface area contributed by atoms with Crippen molar-refractivity contribution in [2.45, 2.75) is 20.3 Å². The summed E-state index contributed by atoms with van der Waals surface area (Å²) in [6.45, 7) is 7.75. The summed E-state index contributed by atoms with van der Waals surface area (Å²) >= 11 is 3.38. The normalized spacial score (nSPS) is 11.3. The highest BCUT2D eigenvalue weighted by Gasteiger charge is 2.11. The van der Waals surface area contributed by atoms with Gasteiger partial charge in [0, 0.05) is 43.2 Å². The number of nitrogens with zero attached hydrogens (tertiary/aromatic N) is 1. The van der Waals surface area contributed by atoms with Crippen LogP contribution in [0.5, 0.6) is 0 Å². The van der Waals surface area contributed by atoms with E-state index in [9.17, 15) is 4.79 Å². The van der Waals surface area contributed by atoms with E-state index < -0.39 is 0 Å². The Labute approximate surface area is 130 Å². The number of carbonyl (C=O) groups excluding carboxylic acids is 1. The Kier molecular flexibility index (Phi) is 8.04. The quantitative estimate of drug-likeness (QED) is 0.642. The lowest BCUT2D eigenvalue weighted by Gasteiger charge is -2.23. The number of Topliss-reactive ketones (excluding diaryl/α,β-unsaturated/α-hetero) is 1. The van der Waals surface area contributed by atoms with Crippen molar-refractivity contribution in [3.63, 3.8) is 0 Å². The summed E-state index contributed by atoms with van der Waals surface area (Å²) in [4.78, 5) is 14.4. The minimum atomic E-state index is 0.198. The van der Waals surface area contributed by atoms with E-state index in [-0.39, 0.29) is 5.78 Å². The van der Waals surface area contributed by atoms with Crippen LogP contribution in [0.4, 0.5) is 0 Å². The van der Waals surface area contributed by atoms with E-state index in [1.165, 1.54) is 0 Å². The molecular formula is C16H24BrNO2. The van der Waals surface area contributed by atoms with Crippen molar-refractivity contribution >= 4 is 21.7 Å². The molecule has 0 aliphatic carbocycles. The first kappa shape index (κ1) is 17.3. The van der Waals surface area contributed by atoms with E-state index in [1.54, 1.807) is 7.11 Å². The first-order valence-corrected chi connectivity index (χ1v) is 7.82. The summed E-state index contributed by atoms with van der Waals surface area (Å²) in [7, 11) is 1.71. The van der Waals surface area contributed by atoms with E-state index in [2.05, 4.69) is 34.7 Å². The minimum Gasteiger partial charge on any atom is -0.383 e. The second kappa shape index (κ2) is 9.27. The van der Waals surface area contributed by atoms with E-state index in [4.69, 9.17) is 4.74 Å². The SMILES string of the molecule is COCCN(CCC(=O)c1ccc(Br)cc1)CC(C)C. The zero-order chi connectivity index (χ0) is 15.0. The Balaban J connectivity index is 2.48. The smallest absolute Gasteiger partial charge is 0.164 e. The molecule has 20 heavy (non-hydrogen) atoms. The van der Waals surface area contributed by atoms with Gasteiger partial charge < -0.3 is 9.64 Å². The molecule has 0 saturated carbocycles. The Bertz CT molecular complexity index is 403. The van der Waals surface area contributed by atoms with Crippen molar-refractivity contribution < 1.29 is 9.53 Å². The summed E-state index contributed by atoms with van der Waals surface area (Å²) in [6, 6.07) is 7.55. The molecule has 112 valence electrons. The van der Waals surface area contributed by atoms with Gasteiger partial charge in [0.2, 0.25) is 0 Å². The maximum absolute atomic E-state index is 12.1.